The third-order valence-electron chi connectivity index (χ3n) is 3.45. The Balaban J connectivity index is 2.32. The highest BCUT2D eigenvalue weighted by atomic mass is 16.3. The third-order valence-corrected chi connectivity index (χ3v) is 3.45. The van der Waals surface area contributed by atoms with Crippen LogP contribution in [-0.2, 0) is 0 Å². The zero-order valence-corrected chi connectivity index (χ0v) is 12.5. The van der Waals surface area contributed by atoms with Gasteiger partial charge < -0.3 is 10.4 Å². The summed E-state index contributed by atoms with van der Waals surface area (Å²) < 4.78 is 0. The molecule has 1 aliphatic rings. The molecular formula is C14H31N3O. The molecule has 0 aromatic rings. The van der Waals surface area contributed by atoms with Crippen LogP contribution in [0.5, 0.6) is 0 Å². The van der Waals surface area contributed by atoms with E-state index in [1.807, 2.05) is 0 Å². The summed E-state index contributed by atoms with van der Waals surface area (Å²) in [6, 6.07) is 0.505. The van der Waals surface area contributed by atoms with Crippen molar-refractivity contribution in [2.45, 2.75) is 39.8 Å². The molecule has 108 valence electrons. The van der Waals surface area contributed by atoms with Crippen LogP contribution in [0.15, 0.2) is 0 Å². The first-order valence-corrected chi connectivity index (χ1v) is 7.34. The smallest absolute Gasteiger partial charge is 0.0793 e. The molecule has 0 aromatic carbocycles. The molecule has 1 unspecified atom stereocenters. The number of rotatable bonds is 7. The summed E-state index contributed by atoms with van der Waals surface area (Å²) in [4.78, 5) is 4.74. The molecule has 0 amide bonds. The van der Waals surface area contributed by atoms with Gasteiger partial charge in [-0.2, -0.15) is 0 Å². The Kier molecular flexibility index (Phi) is 7.15. The van der Waals surface area contributed by atoms with E-state index < -0.39 is 0 Å². The number of β-amino-alcohol motifs (C(OH)–C–C–N with tert-alkyl or cyclic N) is 1. The van der Waals surface area contributed by atoms with E-state index in [0.717, 1.165) is 45.8 Å². The Hall–Kier alpha value is -0.160. The quantitative estimate of drug-likeness (QED) is 0.701. The van der Waals surface area contributed by atoms with E-state index in [2.05, 4.69) is 42.8 Å². The Morgan fingerprint density at radius 3 is 2.22 bits per heavy atom. The Labute approximate surface area is 112 Å². The summed E-state index contributed by atoms with van der Waals surface area (Å²) in [5.41, 5.74) is 0. The van der Waals surface area contributed by atoms with Gasteiger partial charge in [0, 0.05) is 51.9 Å². The van der Waals surface area contributed by atoms with Gasteiger partial charge in [0.2, 0.25) is 0 Å². The molecule has 0 bridgehead atoms. The molecule has 1 aliphatic heterocycles. The van der Waals surface area contributed by atoms with Gasteiger partial charge in [-0.3, -0.25) is 9.80 Å². The van der Waals surface area contributed by atoms with E-state index in [9.17, 15) is 5.11 Å². The number of nitrogens with one attached hydrogen (secondary N) is 1. The van der Waals surface area contributed by atoms with Gasteiger partial charge in [-0.25, -0.2) is 0 Å². The molecule has 1 saturated heterocycles. The van der Waals surface area contributed by atoms with Crippen molar-refractivity contribution in [3.05, 3.63) is 0 Å². The van der Waals surface area contributed by atoms with Gasteiger partial charge in [-0.1, -0.05) is 13.8 Å². The first-order chi connectivity index (χ1) is 8.49. The maximum atomic E-state index is 10.2. The van der Waals surface area contributed by atoms with E-state index in [4.69, 9.17) is 0 Å². The van der Waals surface area contributed by atoms with Crippen molar-refractivity contribution in [2.75, 3.05) is 45.8 Å². The molecular weight excluding hydrogens is 226 g/mol. The molecule has 1 fully saturated rings. The molecule has 1 atom stereocenters. The minimum absolute atomic E-state index is 0.232. The summed E-state index contributed by atoms with van der Waals surface area (Å²) in [5, 5.41) is 13.6. The molecule has 0 aliphatic carbocycles. The van der Waals surface area contributed by atoms with Gasteiger partial charge in [0.1, 0.15) is 0 Å². The van der Waals surface area contributed by atoms with Crippen LogP contribution in [-0.4, -0.2) is 72.9 Å². The van der Waals surface area contributed by atoms with E-state index in [1.54, 1.807) is 0 Å². The fraction of sp³-hybridized carbons (Fsp3) is 1.00. The normalized spacial score (nSPS) is 20.0. The van der Waals surface area contributed by atoms with Crippen LogP contribution < -0.4 is 5.32 Å². The minimum Gasteiger partial charge on any atom is -0.390 e. The van der Waals surface area contributed by atoms with Crippen molar-refractivity contribution in [1.29, 1.82) is 0 Å². The van der Waals surface area contributed by atoms with E-state index in [-0.39, 0.29) is 6.10 Å². The number of nitrogens with zero attached hydrogens (tertiary/aromatic N) is 2. The van der Waals surface area contributed by atoms with Gasteiger partial charge in [0.25, 0.3) is 0 Å². The summed E-state index contributed by atoms with van der Waals surface area (Å²) >= 11 is 0. The maximum Gasteiger partial charge on any atom is 0.0793 e. The van der Waals surface area contributed by atoms with Gasteiger partial charge >= 0.3 is 0 Å². The molecule has 1 rings (SSSR count). The Bertz CT molecular complexity index is 215. The molecule has 4 heteroatoms. The average Bonchev–Trinajstić information content (AvgIpc) is 2.28. The Morgan fingerprint density at radius 2 is 1.72 bits per heavy atom. The minimum atomic E-state index is -0.232. The summed E-state index contributed by atoms with van der Waals surface area (Å²) in [5.74, 6) is 0.652. The Morgan fingerprint density at radius 1 is 1.11 bits per heavy atom. The van der Waals surface area contributed by atoms with E-state index in [0.29, 0.717) is 12.0 Å². The largest absolute Gasteiger partial charge is 0.390 e. The first kappa shape index (κ1) is 15.9. The first-order valence-electron chi connectivity index (χ1n) is 7.34. The number of piperazine rings is 1. The van der Waals surface area contributed by atoms with Crippen LogP contribution >= 0.6 is 0 Å². The van der Waals surface area contributed by atoms with E-state index >= 15 is 0 Å². The number of aliphatic hydroxyl groups is 1. The summed E-state index contributed by atoms with van der Waals surface area (Å²) in [7, 11) is 0. The highest BCUT2D eigenvalue weighted by Crippen LogP contribution is 2.06. The number of aliphatic hydroxyl groups excluding tert-OH is 1. The van der Waals surface area contributed by atoms with E-state index in [1.165, 1.54) is 0 Å². The lowest BCUT2D eigenvalue weighted by molar-refractivity contribution is 0.0546. The average molecular weight is 257 g/mol. The van der Waals surface area contributed by atoms with Crippen LogP contribution in [0.3, 0.4) is 0 Å². The molecule has 0 aromatic heterocycles. The van der Waals surface area contributed by atoms with Crippen LogP contribution in [0.25, 0.3) is 0 Å². The lowest BCUT2D eigenvalue weighted by Gasteiger charge is -2.33. The van der Waals surface area contributed by atoms with Crippen molar-refractivity contribution < 1.29 is 5.11 Å². The van der Waals surface area contributed by atoms with Gasteiger partial charge in [-0.05, 0) is 19.8 Å². The maximum absolute atomic E-state index is 10.2. The molecule has 0 radical (unpaired) electrons. The van der Waals surface area contributed by atoms with Crippen molar-refractivity contribution in [3.63, 3.8) is 0 Å². The fourth-order valence-electron chi connectivity index (χ4n) is 2.49. The van der Waals surface area contributed by atoms with Crippen LogP contribution in [0.2, 0.25) is 0 Å². The van der Waals surface area contributed by atoms with Crippen LogP contribution in [0.4, 0.5) is 0 Å². The van der Waals surface area contributed by atoms with Crippen molar-refractivity contribution in [3.8, 4) is 0 Å². The SMILES string of the molecule is CC(C)CN(CC(O)CN1CCNCC1)C(C)C. The molecule has 18 heavy (non-hydrogen) atoms. The third kappa shape index (κ3) is 6.14. The summed E-state index contributed by atoms with van der Waals surface area (Å²) in [6.07, 6.45) is -0.232. The lowest BCUT2D eigenvalue weighted by atomic mass is 10.1. The molecule has 4 nitrogen and oxygen atoms in total. The van der Waals surface area contributed by atoms with Gasteiger partial charge in [0.05, 0.1) is 6.10 Å². The van der Waals surface area contributed by atoms with Crippen LogP contribution in [0.1, 0.15) is 27.7 Å². The molecule has 0 spiro atoms. The van der Waals surface area contributed by atoms with Gasteiger partial charge in [0.15, 0.2) is 0 Å². The molecule has 2 N–H and O–H groups in total. The van der Waals surface area contributed by atoms with Crippen molar-refractivity contribution in [2.24, 2.45) is 5.92 Å². The monoisotopic (exact) mass is 257 g/mol. The lowest BCUT2D eigenvalue weighted by Crippen LogP contribution is -2.49. The second-order valence-corrected chi connectivity index (χ2v) is 6.15. The topological polar surface area (TPSA) is 38.7 Å². The zero-order chi connectivity index (χ0) is 13.5. The standard InChI is InChI=1S/C14H31N3O/c1-12(2)9-17(13(3)4)11-14(18)10-16-7-5-15-6-8-16/h12-15,18H,5-11H2,1-4H3. The van der Waals surface area contributed by atoms with Crippen molar-refractivity contribution in [1.82, 2.24) is 15.1 Å². The highest BCUT2D eigenvalue weighted by molar-refractivity contribution is 4.75. The second kappa shape index (κ2) is 8.10. The van der Waals surface area contributed by atoms with Crippen LogP contribution in [0, 0.1) is 5.92 Å². The fourth-order valence-corrected chi connectivity index (χ4v) is 2.49. The van der Waals surface area contributed by atoms with Gasteiger partial charge in [-0.15, -0.1) is 0 Å². The highest BCUT2D eigenvalue weighted by Gasteiger charge is 2.19. The predicted octanol–water partition coefficient (Wildman–Crippen LogP) is 0.619. The zero-order valence-electron chi connectivity index (χ0n) is 12.5. The predicted molar refractivity (Wildman–Crippen MR) is 76.9 cm³/mol. The summed E-state index contributed by atoms with van der Waals surface area (Å²) in [6.45, 7) is 15.8. The molecule has 1 heterocycles. The second-order valence-electron chi connectivity index (χ2n) is 6.15. The van der Waals surface area contributed by atoms with Crippen molar-refractivity contribution >= 4 is 0 Å². The molecule has 0 saturated carbocycles. The number of hydrogen-bond donors (Lipinski definition) is 2. The number of hydrogen-bond acceptors (Lipinski definition) is 4.